The van der Waals surface area contributed by atoms with Gasteiger partial charge in [0.25, 0.3) is 0 Å². The smallest absolute Gasteiger partial charge is 0.161 e. The first kappa shape index (κ1) is 40.8. The fraction of sp³-hybridized carbons (Fsp3) is 0.0156. The Morgan fingerprint density at radius 1 is 0.414 bits per heavy atom. The molecule has 0 spiro atoms. The molecular formula is C64H42N4O2. The molecule has 3 aromatic heterocycles. The minimum atomic E-state index is 0.413. The number of hydrogen-bond donors (Lipinski definition) is 0. The van der Waals surface area contributed by atoms with E-state index in [2.05, 4.69) is 216 Å². The minimum absolute atomic E-state index is 0.413. The Morgan fingerprint density at radius 3 is 1.71 bits per heavy atom. The second-order valence-corrected chi connectivity index (χ2v) is 17.6. The Bertz CT molecular complexity index is 4180. The summed E-state index contributed by atoms with van der Waals surface area (Å²) in [7, 11) is 0. The molecule has 13 rings (SSSR count). The molecule has 13 aromatic rings. The molecule has 0 saturated heterocycles. The van der Waals surface area contributed by atoms with Gasteiger partial charge in [-0.1, -0.05) is 164 Å². The van der Waals surface area contributed by atoms with Gasteiger partial charge in [-0.05, 0) is 112 Å². The maximum Gasteiger partial charge on any atom is 0.161 e. The van der Waals surface area contributed by atoms with Crippen LogP contribution in [0.5, 0.6) is 0 Å². The average Bonchev–Trinajstić information content (AvgIpc) is 4.11. The van der Waals surface area contributed by atoms with Crippen molar-refractivity contribution in [1.82, 2.24) is 4.57 Å². The number of aromatic nitrogens is 1. The van der Waals surface area contributed by atoms with E-state index in [-0.39, 0.29) is 0 Å². The molecule has 6 nitrogen and oxygen atoms in total. The fourth-order valence-corrected chi connectivity index (χ4v) is 10.2. The van der Waals surface area contributed by atoms with E-state index in [1.807, 2.05) is 30.3 Å². The summed E-state index contributed by atoms with van der Waals surface area (Å²) in [6, 6.07) is 80.1. The second-order valence-electron chi connectivity index (χ2n) is 17.6. The largest absolute Gasteiger partial charge is 0.456 e. The molecule has 0 bridgehead atoms. The van der Waals surface area contributed by atoms with Crippen LogP contribution in [0.1, 0.15) is 16.7 Å². The molecule has 0 saturated carbocycles. The number of aliphatic imine (C=N–C) groups is 3. The first-order valence-corrected chi connectivity index (χ1v) is 23.5. The highest BCUT2D eigenvalue weighted by atomic mass is 16.3. The van der Waals surface area contributed by atoms with Gasteiger partial charge in [0.05, 0.1) is 17.6 Å². The van der Waals surface area contributed by atoms with Crippen molar-refractivity contribution in [2.24, 2.45) is 15.0 Å². The normalized spacial score (nSPS) is 12.3. The molecule has 70 heavy (non-hydrogen) atoms. The van der Waals surface area contributed by atoms with Gasteiger partial charge >= 0.3 is 0 Å². The SMILES string of the molecule is C=NC(=NC(=NCc1cccc(-c2ccccc2)c1)c1cccc(-c2ccccc2)c1)c1cccc2oc3ccc(-c4cccc5oc6ccc(-n7c8ccccc8c8ccccc87)cc6c45)cc3c12. The number of para-hydroxylation sites is 2. The van der Waals surface area contributed by atoms with E-state index < -0.39 is 0 Å². The number of amidine groups is 2. The summed E-state index contributed by atoms with van der Waals surface area (Å²) >= 11 is 0. The molecule has 0 aliphatic heterocycles. The summed E-state index contributed by atoms with van der Waals surface area (Å²) in [5.41, 5.74) is 15.8. The van der Waals surface area contributed by atoms with Crippen LogP contribution in [0.15, 0.2) is 254 Å². The summed E-state index contributed by atoms with van der Waals surface area (Å²) in [5, 5.41) is 6.38. The molecule has 0 amide bonds. The Balaban J connectivity index is 0.943. The summed E-state index contributed by atoms with van der Waals surface area (Å²) in [6.45, 7) is 4.50. The number of benzene rings is 10. The number of rotatable bonds is 8. The van der Waals surface area contributed by atoms with Crippen molar-refractivity contribution in [2.45, 2.75) is 6.54 Å². The van der Waals surface area contributed by atoms with Crippen molar-refractivity contribution in [3.8, 4) is 39.1 Å². The first-order chi connectivity index (χ1) is 34.6. The minimum Gasteiger partial charge on any atom is -0.456 e. The van der Waals surface area contributed by atoms with Gasteiger partial charge in [-0.3, -0.25) is 4.99 Å². The number of furan rings is 2. The van der Waals surface area contributed by atoms with Gasteiger partial charge in [0.15, 0.2) is 11.7 Å². The Morgan fingerprint density at radius 2 is 1.00 bits per heavy atom. The van der Waals surface area contributed by atoms with Crippen LogP contribution < -0.4 is 0 Å². The zero-order valence-electron chi connectivity index (χ0n) is 38.0. The zero-order valence-corrected chi connectivity index (χ0v) is 38.0. The Labute approximate surface area is 403 Å². The Hall–Kier alpha value is -9.39. The highest BCUT2D eigenvalue weighted by Crippen LogP contribution is 2.42. The molecule has 0 N–H and O–H groups in total. The first-order valence-electron chi connectivity index (χ1n) is 23.5. The second kappa shape index (κ2) is 17.0. The number of hydrogen-bond acceptors (Lipinski definition) is 3. The van der Waals surface area contributed by atoms with Gasteiger partial charge in [-0.15, -0.1) is 0 Å². The van der Waals surface area contributed by atoms with E-state index in [1.54, 1.807) is 0 Å². The van der Waals surface area contributed by atoms with Crippen LogP contribution >= 0.6 is 0 Å². The van der Waals surface area contributed by atoms with Gasteiger partial charge < -0.3 is 13.4 Å². The monoisotopic (exact) mass is 898 g/mol. The fourth-order valence-electron chi connectivity index (χ4n) is 10.2. The topological polar surface area (TPSA) is 68.3 Å². The zero-order chi connectivity index (χ0) is 46.5. The maximum absolute atomic E-state index is 6.59. The van der Waals surface area contributed by atoms with Crippen LogP contribution in [0, 0.1) is 0 Å². The van der Waals surface area contributed by atoms with Gasteiger partial charge in [0.2, 0.25) is 0 Å². The predicted molar refractivity (Wildman–Crippen MR) is 291 cm³/mol. The van der Waals surface area contributed by atoms with Gasteiger partial charge in [-0.25, -0.2) is 9.98 Å². The molecule has 0 aliphatic rings. The highest BCUT2D eigenvalue weighted by molar-refractivity contribution is 6.23. The molecule has 0 fully saturated rings. The molecule has 0 unspecified atom stereocenters. The third-order valence-corrected chi connectivity index (χ3v) is 13.4. The van der Waals surface area contributed by atoms with E-state index >= 15 is 0 Å². The standard InChI is InChI=1S/C64H42N4O2/c1-65-64(67-63(47-23-13-22-45(37-47)43-19-6-3-7-20-43)66-40-41-16-12-21-44(36-41)42-17-4-2-5-18-42)52-27-15-31-60-62(52)53-38-46(32-34-57(53)69-60)49-26-14-30-59-61(49)54-39-48(33-35-58(54)70-59)68-55-28-10-8-24-50(55)51-25-9-11-29-56(51)68/h2-39H,1,40H2. The van der Waals surface area contributed by atoms with Crippen molar-refractivity contribution >= 4 is 84.1 Å². The van der Waals surface area contributed by atoms with Crippen molar-refractivity contribution in [2.75, 3.05) is 0 Å². The van der Waals surface area contributed by atoms with Crippen LogP contribution in [0.2, 0.25) is 0 Å². The van der Waals surface area contributed by atoms with Crippen molar-refractivity contribution in [3.05, 3.63) is 247 Å². The van der Waals surface area contributed by atoms with E-state index in [4.69, 9.17) is 18.8 Å². The molecule has 10 aromatic carbocycles. The van der Waals surface area contributed by atoms with Crippen LogP contribution in [0.4, 0.5) is 0 Å². The number of fused-ring (bicyclic) bond motifs is 9. The lowest BCUT2D eigenvalue weighted by molar-refractivity contribution is 0.668. The van der Waals surface area contributed by atoms with Gasteiger partial charge in [0.1, 0.15) is 22.3 Å². The van der Waals surface area contributed by atoms with Gasteiger partial charge in [-0.2, -0.15) is 0 Å². The van der Waals surface area contributed by atoms with Crippen molar-refractivity contribution in [1.29, 1.82) is 0 Å². The van der Waals surface area contributed by atoms with Crippen LogP contribution in [-0.4, -0.2) is 23.0 Å². The van der Waals surface area contributed by atoms with Crippen LogP contribution in [-0.2, 0) is 6.54 Å². The van der Waals surface area contributed by atoms with E-state index in [0.29, 0.717) is 18.2 Å². The van der Waals surface area contributed by atoms with E-state index in [9.17, 15) is 0 Å². The quantitative estimate of drug-likeness (QED) is 0.113. The third kappa shape index (κ3) is 7.09. The molecule has 330 valence electrons. The van der Waals surface area contributed by atoms with Crippen molar-refractivity contribution in [3.63, 3.8) is 0 Å². The third-order valence-electron chi connectivity index (χ3n) is 13.4. The summed E-state index contributed by atoms with van der Waals surface area (Å²) in [6.07, 6.45) is 0. The molecule has 0 aliphatic carbocycles. The highest BCUT2D eigenvalue weighted by Gasteiger charge is 2.20. The van der Waals surface area contributed by atoms with E-state index in [0.717, 1.165) is 111 Å². The maximum atomic E-state index is 6.59. The van der Waals surface area contributed by atoms with Gasteiger partial charge in [0, 0.05) is 49.1 Å². The summed E-state index contributed by atoms with van der Waals surface area (Å²) < 4.78 is 15.5. The molecule has 0 atom stereocenters. The molecule has 6 heteroatoms. The summed E-state index contributed by atoms with van der Waals surface area (Å²) in [5.74, 6) is 0.996. The lowest BCUT2D eigenvalue weighted by atomic mass is 9.97. The van der Waals surface area contributed by atoms with Crippen molar-refractivity contribution < 1.29 is 8.83 Å². The summed E-state index contributed by atoms with van der Waals surface area (Å²) in [4.78, 5) is 15.2. The van der Waals surface area contributed by atoms with Crippen LogP contribution in [0.3, 0.4) is 0 Å². The Kier molecular flexibility index (Phi) is 9.95. The molecular weight excluding hydrogens is 857 g/mol. The predicted octanol–water partition coefficient (Wildman–Crippen LogP) is 16.7. The lowest BCUT2D eigenvalue weighted by Crippen LogP contribution is -2.06. The van der Waals surface area contributed by atoms with E-state index in [1.165, 1.54) is 10.8 Å². The van der Waals surface area contributed by atoms with Crippen LogP contribution in [0.25, 0.3) is 105 Å². The average molecular weight is 899 g/mol. The molecule has 3 heterocycles. The molecule has 0 radical (unpaired) electrons. The lowest BCUT2D eigenvalue weighted by Gasteiger charge is -2.10. The number of nitrogens with zero attached hydrogens (tertiary/aromatic N) is 4.